The monoisotopic (exact) mass is 478 g/mol. The normalized spacial score (nSPS) is 17.7. The fourth-order valence-corrected chi connectivity index (χ4v) is 4.25. The first-order valence-corrected chi connectivity index (χ1v) is 11.2. The molecule has 1 aliphatic carbocycles. The maximum Gasteiger partial charge on any atom is 0.307 e. The minimum Gasteiger partial charge on any atom is -0.481 e. The Hall–Kier alpha value is -2.48. The van der Waals surface area contributed by atoms with Gasteiger partial charge in [0, 0.05) is 16.3 Å². The molecule has 3 N–H and O–H groups in total. The van der Waals surface area contributed by atoms with E-state index in [1.807, 2.05) is 12.1 Å². The van der Waals surface area contributed by atoms with Gasteiger partial charge in [0.15, 0.2) is 0 Å². The molecule has 0 bridgehead atoms. The summed E-state index contributed by atoms with van der Waals surface area (Å²) in [7, 11) is 0. The Bertz CT molecular complexity index is 1030. The Kier molecular flexibility index (Phi) is 8.01. The van der Waals surface area contributed by atoms with Crippen molar-refractivity contribution in [3.63, 3.8) is 0 Å². The average Bonchev–Trinajstić information content (AvgIpc) is 2.75. The first-order valence-electron chi connectivity index (χ1n) is 9.50. The van der Waals surface area contributed by atoms with Crippen molar-refractivity contribution in [3.05, 3.63) is 64.7 Å². The van der Waals surface area contributed by atoms with Gasteiger partial charge in [0.05, 0.1) is 27.6 Å². The molecule has 162 valence electrons. The molecule has 0 spiro atoms. The number of carbonyl (C=O) groups is 3. The number of hydrogen-bond acceptors (Lipinski definition) is 4. The van der Waals surface area contributed by atoms with Gasteiger partial charge in [-0.15, -0.1) is 11.8 Å². The Morgan fingerprint density at radius 3 is 2.35 bits per heavy atom. The molecule has 0 aliphatic heterocycles. The van der Waals surface area contributed by atoms with Crippen LogP contribution in [0.5, 0.6) is 0 Å². The Morgan fingerprint density at radius 1 is 0.935 bits per heavy atom. The second kappa shape index (κ2) is 10.7. The summed E-state index contributed by atoms with van der Waals surface area (Å²) < 4.78 is 0. The van der Waals surface area contributed by atoms with E-state index in [1.165, 1.54) is 11.8 Å². The lowest BCUT2D eigenvalue weighted by molar-refractivity contribution is -0.146. The number of hydrogen-bond donors (Lipinski definition) is 3. The topological polar surface area (TPSA) is 95.5 Å². The van der Waals surface area contributed by atoms with E-state index in [9.17, 15) is 19.5 Å². The summed E-state index contributed by atoms with van der Waals surface area (Å²) in [5.41, 5.74) is 1.11. The number of carboxylic acids is 1. The molecule has 6 nitrogen and oxygen atoms in total. The summed E-state index contributed by atoms with van der Waals surface area (Å²) in [6.45, 7) is 0. The number of anilines is 2. The maximum atomic E-state index is 12.6. The smallest absolute Gasteiger partial charge is 0.307 e. The van der Waals surface area contributed by atoms with Crippen LogP contribution in [0.1, 0.15) is 12.8 Å². The van der Waals surface area contributed by atoms with Crippen molar-refractivity contribution < 1.29 is 19.5 Å². The third-order valence-electron chi connectivity index (χ3n) is 4.76. The van der Waals surface area contributed by atoms with E-state index in [0.717, 1.165) is 4.90 Å². The van der Waals surface area contributed by atoms with Crippen molar-refractivity contribution in [2.24, 2.45) is 11.8 Å². The Balaban J connectivity index is 1.56. The van der Waals surface area contributed by atoms with Gasteiger partial charge in [0.2, 0.25) is 11.8 Å². The lowest BCUT2D eigenvalue weighted by Crippen LogP contribution is -2.34. The maximum absolute atomic E-state index is 12.6. The molecule has 31 heavy (non-hydrogen) atoms. The van der Waals surface area contributed by atoms with Crippen molar-refractivity contribution >= 4 is 64.1 Å². The standard InChI is InChI=1S/C22H20Cl2N2O4S/c23-18-9-8-14(11-19(18)24)25-20(27)12-31-15-5-3-4-13(10-15)26-21(28)16-6-1-2-7-17(16)22(29)30/h1-5,8-11,16-17H,6-7,12H2,(H,25,27)(H,26,28)(H,29,30). The first kappa shape index (κ1) is 23.2. The van der Waals surface area contributed by atoms with Gasteiger partial charge in [-0.3, -0.25) is 14.4 Å². The van der Waals surface area contributed by atoms with Crippen LogP contribution in [0, 0.1) is 11.8 Å². The summed E-state index contributed by atoms with van der Waals surface area (Å²) in [5, 5.41) is 15.7. The van der Waals surface area contributed by atoms with Crippen LogP contribution in [0.2, 0.25) is 10.0 Å². The molecule has 9 heteroatoms. The molecule has 0 aromatic heterocycles. The number of carboxylic acid groups (broad SMARTS) is 1. The van der Waals surface area contributed by atoms with Gasteiger partial charge in [-0.05, 0) is 49.2 Å². The van der Waals surface area contributed by atoms with Crippen LogP contribution < -0.4 is 10.6 Å². The molecule has 3 rings (SSSR count). The number of aliphatic carboxylic acids is 1. The highest BCUT2D eigenvalue weighted by atomic mass is 35.5. The highest BCUT2D eigenvalue weighted by Gasteiger charge is 2.33. The van der Waals surface area contributed by atoms with Crippen molar-refractivity contribution in [1.82, 2.24) is 0 Å². The van der Waals surface area contributed by atoms with Crippen LogP contribution in [0.25, 0.3) is 0 Å². The molecule has 2 atom stereocenters. The minimum absolute atomic E-state index is 0.159. The summed E-state index contributed by atoms with van der Waals surface area (Å²) in [6.07, 6.45) is 4.37. The van der Waals surface area contributed by atoms with Gasteiger partial charge in [-0.1, -0.05) is 41.4 Å². The third-order valence-corrected chi connectivity index (χ3v) is 6.49. The van der Waals surface area contributed by atoms with Crippen LogP contribution in [0.15, 0.2) is 59.5 Å². The molecule has 2 unspecified atom stereocenters. The summed E-state index contributed by atoms with van der Waals surface area (Å²) in [4.78, 5) is 37.0. The van der Waals surface area contributed by atoms with Crippen LogP contribution in [-0.2, 0) is 14.4 Å². The number of nitrogens with one attached hydrogen (secondary N) is 2. The van der Waals surface area contributed by atoms with Gasteiger partial charge >= 0.3 is 5.97 Å². The molecule has 0 fully saturated rings. The zero-order chi connectivity index (χ0) is 22.4. The third kappa shape index (κ3) is 6.50. The van der Waals surface area contributed by atoms with E-state index < -0.39 is 17.8 Å². The zero-order valence-electron chi connectivity index (χ0n) is 16.3. The molecule has 0 radical (unpaired) electrons. The number of rotatable bonds is 7. The van der Waals surface area contributed by atoms with Gasteiger partial charge in [-0.2, -0.15) is 0 Å². The lowest BCUT2D eigenvalue weighted by Gasteiger charge is -2.24. The Morgan fingerprint density at radius 2 is 1.65 bits per heavy atom. The molecule has 2 amide bonds. The SMILES string of the molecule is O=C(CSc1cccc(NC(=O)C2CC=CCC2C(=O)O)c1)Nc1ccc(Cl)c(Cl)c1. The Labute approximate surface area is 194 Å². The number of allylic oxidation sites excluding steroid dienone is 2. The predicted octanol–water partition coefficient (Wildman–Crippen LogP) is 5.33. The minimum atomic E-state index is -0.971. The summed E-state index contributed by atoms with van der Waals surface area (Å²) >= 11 is 13.1. The zero-order valence-corrected chi connectivity index (χ0v) is 18.6. The highest BCUT2D eigenvalue weighted by Crippen LogP contribution is 2.29. The van der Waals surface area contributed by atoms with Gasteiger partial charge in [0.25, 0.3) is 0 Å². The van der Waals surface area contributed by atoms with E-state index in [4.69, 9.17) is 23.2 Å². The molecule has 0 saturated carbocycles. The fourth-order valence-electron chi connectivity index (χ4n) is 3.20. The predicted molar refractivity (Wildman–Crippen MR) is 124 cm³/mol. The van der Waals surface area contributed by atoms with Gasteiger partial charge < -0.3 is 15.7 Å². The van der Waals surface area contributed by atoms with Crippen molar-refractivity contribution in [3.8, 4) is 0 Å². The van der Waals surface area contributed by atoms with Crippen LogP contribution >= 0.6 is 35.0 Å². The van der Waals surface area contributed by atoms with Gasteiger partial charge in [-0.25, -0.2) is 0 Å². The molecule has 2 aromatic rings. The van der Waals surface area contributed by atoms with Crippen LogP contribution in [-0.4, -0.2) is 28.6 Å². The fraction of sp³-hybridized carbons (Fsp3) is 0.227. The second-order valence-electron chi connectivity index (χ2n) is 6.98. The first-order chi connectivity index (χ1) is 14.8. The number of benzene rings is 2. The number of halogens is 2. The number of amides is 2. The molecule has 0 saturated heterocycles. The highest BCUT2D eigenvalue weighted by molar-refractivity contribution is 8.00. The molecular formula is C22H20Cl2N2O4S. The molecule has 1 aliphatic rings. The quantitative estimate of drug-likeness (QED) is 0.369. The van der Waals surface area contributed by atoms with E-state index in [2.05, 4.69) is 10.6 Å². The van der Waals surface area contributed by atoms with Crippen molar-refractivity contribution in [2.75, 3.05) is 16.4 Å². The van der Waals surface area contributed by atoms with E-state index in [-0.39, 0.29) is 17.6 Å². The van der Waals surface area contributed by atoms with Gasteiger partial charge in [0.1, 0.15) is 0 Å². The number of thioether (sulfide) groups is 1. The van der Waals surface area contributed by atoms with Crippen molar-refractivity contribution in [2.45, 2.75) is 17.7 Å². The van der Waals surface area contributed by atoms with Crippen LogP contribution in [0.4, 0.5) is 11.4 Å². The largest absolute Gasteiger partial charge is 0.481 e. The second-order valence-corrected chi connectivity index (χ2v) is 8.84. The van der Waals surface area contributed by atoms with Crippen LogP contribution in [0.3, 0.4) is 0 Å². The molecular weight excluding hydrogens is 459 g/mol. The van der Waals surface area contributed by atoms with E-state index in [1.54, 1.807) is 42.5 Å². The summed E-state index contributed by atoms with van der Waals surface area (Å²) in [5.74, 6) is -2.69. The molecule has 0 heterocycles. The van der Waals surface area contributed by atoms with E-state index in [0.29, 0.717) is 34.3 Å². The average molecular weight is 479 g/mol. The lowest BCUT2D eigenvalue weighted by atomic mass is 9.82. The van der Waals surface area contributed by atoms with Crippen molar-refractivity contribution in [1.29, 1.82) is 0 Å². The summed E-state index contributed by atoms with van der Waals surface area (Å²) in [6, 6.07) is 11.9. The van der Waals surface area contributed by atoms with E-state index >= 15 is 0 Å². The molecule has 2 aromatic carbocycles. The number of carbonyl (C=O) groups excluding carboxylic acids is 2.